The van der Waals surface area contributed by atoms with Crippen LogP contribution < -0.4 is 5.73 Å². The average Bonchev–Trinajstić information content (AvgIpc) is 2.98. The summed E-state index contributed by atoms with van der Waals surface area (Å²) < 4.78 is 12.8. The van der Waals surface area contributed by atoms with Crippen molar-refractivity contribution in [3.63, 3.8) is 0 Å². The Bertz CT molecular complexity index is 650. The van der Waals surface area contributed by atoms with Crippen LogP contribution in [-0.2, 0) is 14.3 Å². The van der Waals surface area contributed by atoms with Gasteiger partial charge >= 0.3 is 0 Å². The Morgan fingerprint density at radius 1 is 1.32 bits per heavy atom. The van der Waals surface area contributed by atoms with E-state index < -0.39 is 6.29 Å². The summed E-state index contributed by atoms with van der Waals surface area (Å²) >= 11 is 5.86. The van der Waals surface area contributed by atoms with Crippen molar-refractivity contribution in [3.05, 3.63) is 41.2 Å². The number of aromatic nitrogens is 3. The summed E-state index contributed by atoms with van der Waals surface area (Å²) in [6.45, 7) is 0.808. The normalized spacial score (nSPS) is 21.7. The Balaban J connectivity index is 1.65. The number of ether oxygens (including phenoxy) is 2. The van der Waals surface area contributed by atoms with E-state index in [9.17, 15) is 4.79 Å². The lowest BCUT2D eigenvalue weighted by Crippen LogP contribution is -2.30. The SMILES string of the molecule is NC(=O)CC1COC(c2cn(-c3ccc(Cl)cc3)nn2)OC1. The van der Waals surface area contributed by atoms with Crippen LogP contribution in [0.2, 0.25) is 5.02 Å². The van der Waals surface area contributed by atoms with Crippen LogP contribution in [0, 0.1) is 5.92 Å². The van der Waals surface area contributed by atoms with Crippen molar-refractivity contribution >= 4 is 17.5 Å². The summed E-state index contributed by atoms with van der Waals surface area (Å²) in [6.07, 6.45) is 1.41. The van der Waals surface area contributed by atoms with E-state index in [2.05, 4.69) is 10.3 Å². The van der Waals surface area contributed by atoms with Crippen LogP contribution >= 0.6 is 11.6 Å². The van der Waals surface area contributed by atoms with Crippen molar-refractivity contribution in [2.24, 2.45) is 11.7 Å². The van der Waals surface area contributed by atoms with Crippen LogP contribution in [-0.4, -0.2) is 34.1 Å². The van der Waals surface area contributed by atoms with E-state index in [1.165, 1.54) is 0 Å². The summed E-state index contributed by atoms with van der Waals surface area (Å²) in [4.78, 5) is 10.9. The third-order valence-electron chi connectivity index (χ3n) is 3.30. The van der Waals surface area contributed by atoms with Crippen LogP contribution in [0.15, 0.2) is 30.5 Å². The number of benzene rings is 1. The van der Waals surface area contributed by atoms with Gasteiger partial charge in [0, 0.05) is 17.4 Å². The molecule has 1 aromatic heterocycles. The van der Waals surface area contributed by atoms with E-state index in [0.717, 1.165) is 5.69 Å². The molecule has 0 saturated carbocycles. The summed E-state index contributed by atoms with van der Waals surface area (Å²) in [5, 5.41) is 8.77. The molecule has 22 heavy (non-hydrogen) atoms. The fourth-order valence-corrected chi connectivity index (χ4v) is 2.35. The molecule has 0 bridgehead atoms. The predicted molar refractivity (Wildman–Crippen MR) is 78.3 cm³/mol. The first-order valence-electron chi connectivity index (χ1n) is 6.81. The smallest absolute Gasteiger partial charge is 0.217 e. The molecule has 0 unspecified atom stereocenters. The maximum Gasteiger partial charge on any atom is 0.217 e. The van der Waals surface area contributed by atoms with Crippen molar-refractivity contribution in [3.8, 4) is 5.69 Å². The van der Waals surface area contributed by atoms with Crippen molar-refractivity contribution < 1.29 is 14.3 Å². The highest BCUT2D eigenvalue weighted by atomic mass is 35.5. The number of amides is 1. The fourth-order valence-electron chi connectivity index (χ4n) is 2.22. The van der Waals surface area contributed by atoms with E-state index in [4.69, 9.17) is 26.8 Å². The Morgan fingerprint density at radius 2 is 2.00 bits per heavy atom. The van der Waals surface area contributed by atoms with Crippen molar-refractivity contribution in [1.82, 2.24) is 15.0 Å². The standard InChI is InChI=1S/C14H15ClN4O3/c15-10-1-3-11(4-2-10)19-6-12(17-18-19)14-21-7-9(8-22-14)5-13(16)20/h1-4,6,9,14H,5,7-8H2,(H2,16,20). The van der Waals surface area contributed by atoms with E-state index >= 15 is 0 Å². The number of hydrogen-bond acceptors (Lipinski definition) is 5. The zero-order chi connectivity index (χ0) is 15.5. The fraction of sp³-hybridized carbons (Fsp3) is 0.357. The molecule has 1 aliphatic rings. The number of carbonyl (C=O) groups excluding carboxylic acids is 1. The highest BCUT2D eigenvalue weighted by Gasteiger charge is 2.26. The topological polar surface area (TPSA) is 92.3 Å². The average molecular weight is 323 g/mol. The van der Waals surface area contributed by atoms with Gasteiger partial charge in [0.1, 0.15) is 5.69 Å². The van der Waals surface area contributed by atoms with Crippen molar-refractivity contribution in [2.45, 2.75) is 12.7 Å². The van der Waals surface area contributed by atoms with E-state index in [0.29, 0.717) is 23.9 Å². The second kappa shape index (κ2) is 6.43. The summed E-state index contributed by atoms with van der Waals surface area (Å²) in [7, 11) is 0. The first-order chi connectivity index (χ1) is 10.6. The molecule has 1 aromatic carbocycles. The molecular weight excluding hydrogens is 308 g/mol. The molecular formula is C14H15ClN4O3. The third-order valence-corrected chi connectivity index (χ3v) is 3.55. The summed E-state index contributed by atoms with van der Waals surface area (Å²) in [6, 6.07) is 7.24. The van der Waals surface area contributed by atoms with Gasteiger partial charge in [-0.25, -0.2) is 4.68 Å². The molecule has 7 nitrogen and oxygen atoms in total. The molecule has 116 valence electrons. The van der Waals surface area contributed by atoms with Crippen LogP contribution in [0.4, 0.5) is 0 Å². The molecule has 2 heterocycles. The highest BCUT2D eigenvalue weighted by Crippen LogP contribution is 2.25. The van der Waals surface area contributed by atoms with Crippen molar-refractivity contribution in [1.29, 1.82) is 0 Å². The minimum absolute atomic E-state index is 0.0138. The monoisotopic (exact) mass is 322 g/mol. The van der Waals surface area contributed by atoms with Crippen molar-refractivity contribution in [2.75, 3.05) is 13.2 Å². The van der Waals surface area contributed by atoms with Gasteiger partial charge in [0.05, 0.1) is 25.1 Å². The van der Waals surface area contributed by atoms with E-state index in [1.54, 1.807) is 23.0 Å². The molecule has 0 aliphatic carbocycles. The number of halogens is 1. The Kier molecular flexibility index (Phi) is 4.37. The summed E-state index contributed by atoms with van der Waals surface area (Å²) in [5.74, 6) is -0.371. The molecule has 0 radical (unpaired) electrons. The minimum atomic E-state index is -0.579. The van der Waals surface area contributed by atoms with Crippen LogP contribution in [0.25, 0.3) is 5.69 Å². The number of nitrogens with zero attached hydrogens (tertiary/aromatic N) is 3. The molecule has 0 spiro atoms. The minimum Gasteiger partial charge on any atom is -0.370 e. The van der Waals surface area contributed by atoms with Gasteiger partial charge in [-0.05, 0) is 24.3 Å². The zero-order valence-corrected chi connectivity index (χ0v) is 12.4. The molecule has 1 amide bonds. The number of nitrogens with two attached hydrogens (primary N) is 1. The number of rotatable bonds is 4. The van der Waals surface area contributed by atoms with Gasteiger partial charge in [-0.1, -0.05) is 16.8 Å². The maximum absolute atomic E-state index is 10.9. The van der Waals surface area contributed by atoms with E-state index in [-0.39, 0.29) is 18.2 Å². The first-order valence-corrected chi connectivity index (χ1v) is 7.19. The van der Waals surface area contributed by atoms with Gasteiger partial charge in [-0.3, -0.25) is 4.79 Å². The lowest BCUT2D eigenvalue weighted by Gasteiger charge is -2.27. The number of carbonyl (C=O) groups is 1. The van der Waals surface area contributed by atoms with Crippen LogP contribution in [0.5, 0.6) is 0 Å². The molecule has 1 saturated heterocycles. The summed E-state index contributed by atoms with van der Waals surface area (Å²) in [5.41, 5.74) is 6.58. The van der Waals surface area contributed by atoms with Gasteiger partial charge in [-0.2, -0.15) is 0 Å². The Morgan fingerprint density at radius 3 is 2.64 bits per heavy atom. The lowest BCUT2D eigenvalue weighted by molar-refractivity contribution is -0.207. The Hall–Kier alpha value is -1.96. The molecule has 1 aliphatic heterocycles. The molecule has 0 atom stereocenters. The molecule has 2 aromatic rings. The highest BCUT2D eigenvalue weighted by molar-refractivity contribution is 6.30. The molecule has 3 rings (SSSR count). The Labute approximate surface area is 131 Å². The number of primary amides is 1. The zero-order valence-electron chi connectivity index (χ0n) is 11.7. The maximum atomic E-state index is 10.9. The van der Waals surface area contributed by atoms with Gasteiger partial charge in [0.15, 0.2) is 0 Å². The van der Waals surface area contributed by atoms with Gasteiger partial charge in [0.2, 0.25) is 12.2 Å². The van der Waals surface area contributed by atoms with Gasteiger partial charge in [-0.15, -0.1) is 5.10 Å². The lowest BCUT2D eigenvalue weighted by atomic mass is 10.1. The molecule has 8 heteroatoms. The third kappa shape index (κ3) is 3.44. The predicted octanol–water partition coefficient (Wildman–Crippen LogP) is 1.46. The van der Waals surface area contributed by atoms with Gasteiger partial charge < -0.3 is 15.2 Å². The van der Waals surface area contributed by atoms with E-state index in [1.807, 2.05) is 12.1 Å². The second-order valence-corrected chi connectivity index (χ2v) is 5.54. The molecule has 2 N–H and O–H groups in total. The quantitative estimate of drug-likeness (QED) is 0.920. The van der Waals surface area contributed by atoms with Crippen LogP contribution in [0.3, 0.4) is 0 Å². The second-order valence-electron chi connectivity index (χ2n) is 5.10. The largest absolute Gasteiger partial charge is 0.370 e. The van der Waals surface area contributed by atoms with Gasteiger partial charge in [0.25, 0.3) is 0 Å². The molecule has 1 fully saturated rings. The van der Waals surface area contributed by atoms with Crippen LogP contribution in [0.1, 0.15) is 18.4 Å². The number of hydrogen-bond donors (Lipinski definition) is 1. The first kappa shape index (κ1) is 15.0.